The van der Waals surface area contributed by atoms with Crippen molar-refractivity contribution in [2.75, 3.05) is 0 Å². The second-order valence-electron chi connectivity index (χ2n) is 8.08. The Labute approximate surface area is 118 Å². The van der Waals surface area contributed by atoms with Crippen LogP contribution >= 0.6 is 0 Å². The molecule has 0 bridgehead atoms. The fraction of sp³-hybridized carbons (Fsp3) is 0.938. The molecule has 1 rings (SSSR count). The molecule has 112 valence electrons. The lowest BCUT2D eigenvalue weighted by Gasteiger charge is -2.39. The minimum Gasteiger partial charge on any atom is -0.353 e. The van der Waals surface area contributed by atoms with Gasteiger partial charge < -0.3 is 11.1 Å². The highest BCUT2D eigenvalue weighted by atomic mass is 16.1. The van der Waals surface area contributed by atoms with Gasteiger partial charge in [-0.3, -0.25) is 4.79 Å². The predicted octanol–water partition coefficient (Wildman–Crippen LogP) is 3.23. The highest BCUT2D eigenvalue weighted by Gasteiger charge is 2.33. The number of amides is 1. The van der Waals surface area contributed by atoms with Crippen LogP contribution in [0.2, 0.25) is 0 Å². The van der Waals surface area contributed by atoms with E-state index in [9.17, 15) is 4.79 Å². The van der Waals surface area contributed by atoms with Crippen LogP contribution in [0.15, 0.2) is 0 Å². The molecule has 0 heterocycles. The van der Waals surface area contributed by atoms with Crippen molar-refractivity contribution in [1.29, 1.82) is 0 Å². The van der Waals surface area contributed by atoms with E-state index < -0.39 is 0 Å². The van der Waals surface area contributed by atoms with E-state index in [0.29, 0.717) is 12.5 Å². The Morgan fingerprint density at radius 3 is 2.53 bits per heavy atom. The molecular formula is C16H32N2O. The molecule has 0 aromatic rings. The maximum atomic E-state index is 12.1. The number of carbonyl (C=O) groups is 1. The lowest BCUT2D eigenvalue weighted by atomic mass is 9.73. The molecule has 3 N–H and O–H groups in total. The first-order valence-electron chi connectivity index (χ1n) is 7.65. The molecule has 1 aliphatic rings. The number of rotatable bonds is 4. The lowest BCUT2D eigenvalue weighted by Crippen LogP contribution is -2.48. The summed E-state index contributed by atoms with van der Waals surface area (Å²) < 4.78 is 0. The maximum absolute atomic E-state index is 12.1. The van der Waals surface area contributed by atoms with Crippen molar-refractivity contribution >= 4 is 5.91 Å². The van der Waals surface area contributed by atoms with E-state index in [1.54, 1.807) is 0 Å². The summed E-state index contributed by atoms with van der Waals surface area (Å²) in [5.41, 5.74) is 6.48. The molecule has 0 spiro atoms. The fourth-order valence-electron chi connectivity index (χ4n) is 3.11. The van der Waals surface area contributed by atoms with Crippen LogP contribution < -0.4 is 11.1 Å². The van der Waals surface area contributed by atoms with Crippen LogP contribution in [-0.4, -0.2) is 18.0 Å². The zero-order chi connectivity index (χ0) is 14.7. The van der Waals surface area contributed by atoms with Gasteiger partial charge in [-0.05, 0) is 30.1 Å². The third-order valence-electron chi connectivity index (χ3n) is 4.16. The van der Waals surface area contributed by atoms with Crippen molar-refractivity contribution in [3.8, 4) is 0 Å². The molecule has 0 aliphatic heterocycles. The fourth-order valence-corrected chi connectivity index (χ4v) is 3.11. The monoisotopic (exact) mass is 268 g/mol. The summed E-state index contributed by atoms with van der Waals surface area (Å²) in [6, 6.07) is 0.280. The van der Waals surface area contributed by atoms with Gasteiger partial charge in [0.15, 0.2) is 0 Å². The van der Waals surface area contributed by atoms with Crippen LogP contribution in [-0.2, 0) is 4.79 Å². The zero-order valence-corrected chi connectivity index (χ0v) is 13.4. The largest absolute Gasteiger partial charge is 0.353 e. The number of carbonyl (C=O) groups excluding carboxylic acids is 1. The summed E-state index contributed by atoms with van der Waals surface area (Å²) >= 11 is 0. The highest BCUT2D eigenvalue weighted by Crippen LogP contribution is 2.35. The van der Waals surface area contributed by atoms with E-state index in [0.717, 1.165) is 12.8 Å². The van der Waals surface area contributed by atoms with Gasteiger partial charge in [0.05, 0.1) is 0 Å². The first-order valence-corrected chi connectivity index (χ1v) is 7.65. The summed E-state index contributed by atoms with van der Waals surface area (Å²) in [7, 11) is 0. The van der Waals surface area contributed by atoms with Crippen molar-refractivity contribution in [3.05, 3.63) is 0 Å². The van der Waals surface area contributed by atoms with Crippen LogP contribution in [0.4, 0.5) is 0 Å². The Morgan fingerprint density at radius 1 is 1.37 bits per heavy atom. The van der Waals surface area contributed by atoms with Crippen molar-refractivity contribution in [2.24, 2.45) is 16.6 Å². The standard InChI is InChI=1S/C16H32N2O/c1-15(2,3)11-12(17)10-14(19)18-13-8-6-7-9-16(13,4)5/h12-13H,6-11,17H2,1-5H3,(H,18,19). The molecule has 0 aromatic carbocycles. The van der Waals surface area contributed by atoms with E-state index in [4.69, 9.17) is 5.73 Å². The molecule has 1 amide bonds. The van der Waals surface area contributed by atoms with Crippen LogP contribution in [0.1, 0.15) is 73.1 Å². The molecule has 2 unspecified atom stereocenters. The average molecular weight is 268 g/mol. The number of nitrogens with one attached hydrogen (secondary N) is 1. The molecule has 1 aliphatic carbocycles. The van der Waals surface area contributed by atoms with Gasteiger partial charge in [-0.1, -0.05) is 47.5 Å². The summed E-state index contributed by atoms with van der Waals surface area (Å²) in [6.07, 6.45) is 6.14. The van der Waals surface area contributed by atoms with Gasteiger partial charge in [0.25, 0.3) is 0 Å². The topological polar surface area (TPSA) is 55.1 Å². The van der Waals surface area contributed by atoms with Crippen molar-refractivity contribution in [1.82, 2.24) is 5.32 Å². The van der Waals surface area contributed by atoms with Gasteiger partial charge in [0, 0.05) is 18.5 Å². The maximum Gasteiger partial charge on any atom is 0.221 e. The van der Waals surface area contributed by atoms with E-state index >= 15 is 0 Å². The number of hydrogen-bond acceptors (Lipinski definition) is 2. The Bertz CT molecular complexity index is 304. The van der Waals surface area contributed by atoms with Crippen LogP contribution in [0.5, 0.6) is 0 Å². The van der Waals surface area contributed by atoms with E-state index in [1.165, 1.54) is 19.3 Å². The van der Waals surface area contributed by atoms with Crippen molar-refractivity contribution in [3.63, 3.8) is 0 Å². The normalized spacial score (nSPS) is 24.8. The Hall–Kier alpha value is -0.570. The molecule has 1 fully saturated rings. The molecule has 3 heteroatoms. The number of hydrogen-bond donors (Lipinski definition) is 2. The van der Waals surface area contributed by atoms with Gasteiger partial charge in [0.1, 0.15) is 0 Å². The SMILES string of the molecule is CC(C)(C)CC(N)CC(=O)NC1CCCCC1(C)C. The van der Waals surface area contributed by atoms with Crippen LogP contribution in [0.3, 0.4) is 0 Å². The number of nitrogens with two attached hydrogens (primary N) is 1. The van der Waals surface area contributed by atoms with E-state index in [1.807, 2.05) is 0 Å². The second kappa shape index (κ2) is 6.25. The average Bonchev–Trinajstić information content (AvgIpc) is 2.17. The molecule has 3 nitrogen and oxygen atoms in total. The minimum atomic E-state index is -0.0355. The molecule has 1 saturated carbocycles. The Balaban J connectivity index is 2.42. The predicted molar refractivity (Wildman–Crippen MR) is 80.8 cm³/mol. The molecule has 0 saturated heterocycles. The summed E-state index contributed by atoms with van der Waals surface area (Å²) in [4.78, 5) is 12.1. The smallest absolute Gasteiger partial charge is 0.221 e. The molecule has 0 aromatic heterocycles. The molecule has 19 heavy (non-hydrogen) atoms. The minimum absolute atomic E-state index is 0.0355. The van der Waals surface area contributed by atoms with Gasteiger partial charge in [-0.2, -0.15) is 0 Å². The van der Waals surface area contributed by atoms with Gasteiger partial charge in [-0.25, -0.2) is 0 Å². The van der Waals surface area contributed by atoms with Crippen molar-refractivity contribution in [2.45, 2.75) is 85.2 Å². The first kappa shape index (κ1) is 16.5. The lowest BCUT2D eigenvalue weighted by molar-refractivity contribution is -0.123. The van der Waals surface area contributed by atoms with Gasteiger partial charge in [-0.15, -0.1) is 0 Å². The second-order valence-corrected chi connectivity index (χ2v) is 8.08. The molecule has 2 atom stereocenters. The van der Waals surface area contributed by atoms with Crippen molar-refractivity contribution < 1.29 is 4.79 Å². The Morgan fingerprint density at radius 2 is 2.00 bits per heavy atom. The van der Waals surface area contributed by atoms with Gasteiger partial charge >= 0.3 is 0 Å². The summed E-state index contributed by atoms with van der Waals surface area (Å²) in [5.74, 6) is 0.122. The summed E-state index contributed by atoms with van der Waals surface area (Å²) in [5, 5.41) is 3.21. The van der Waals surface area contributed by atoms with E-state index in [-0.39, 0.29) is 22.8 Å². The van der Waals surface area contributed by atoms with E-state index in [2.05, 4.69) is 39.9 Å². The molecular weight excluding hydrogens is 236 g/mol. The van der Waals surface area contributed by atoms with Crippen LogP contribution in [0, 0.1) is 10.8 Å². The third kappa shape index (κ3) is 5.94. The summed E-state index contributed by atoms with van der Waals surface area (Å²) in [6.45, 7) is 11.0. The third-order valence-corrected chi connectivity index (χ3v) is 4.16. The van der Waals surface area contributed by atoms with Crippen LogP contribution in [0.25, 0.3) is 0 Å². The zero-order valence-electron chi connectivity index (χ0n) is 13.4. The Kier molecular flexibility index (Phi) is 5.43. The quantitative estimate of drug-likeness (QED) is 0.822. The van der Waals surface area contributed by atoms with Gasteiger partial charge in [0.2, 0.25) is 5.91 Å². The highest BCUT2D eigenvalue weighted by molar-refractivity contribution is 5.77. The first-order chi connectivity index (χ1) is 8.60. The molecule has 0 radical (unpaired) electrons.